The van der Waals surface area contributed by atoms with Gasteiger partial charge in [0, 0.05) is 40.5 Å². The van der Waals surface area contributed by atoms with Crippen LogP contribution in [0.3, 0.4) is 0 Å². The summed E-state index contributed by atoms with van der Waals surface area (Å²) in [5.41, 5.74) is 1.94. The minimum Gasteiger partial charge on any atom is -0.353 e. The van der Waals surface area contributed by atoms with E-state index in [1.807, 2.05) is 24.3 Å². The first-order valence-corrected chi connectivity index (χ1v) is 9.13. The molecule has 3 aromatic rings. The largest absolute Gasteiger partial charge is 0.353 e. The van der Waals surface area contributed by atoms with E-state index in [0.29, 0.717) is 6.04 Å². The van der Waals surface area contributed by atoms with E-state index in [9.17, 15) is 0 Å². The Morgan fingerprint density at radius 1 is 1.08 bits per heavy atom. The lowest BCUT2D eigenvalue weighted by Gasteiger charge is -2.20. The molecule has 5 heteroatoms. The van der Waals surface area contributed by atoms with Crippen LogP contribution in [0.25, 0.3) is 22.0 Å². The quantitative estimate of drug-likeness (QED) is 0.766. The van der Waals surface area contributed by atoms with Crippen molar-refractivity contribution in [3.8, 4) is 11.3 Å². The Kier molecular flexibility index (Phi) is 4.55. The van der Waals surface area contributed by atoms with Crippen LogP contribution in [0.4, 0.5) is 5.82 Å². The molecule has 2 heterocycles. The van der Waals surface area contributed by atoms with Crippen molar-refractivity contribution in [1.82, 2.24) is 15.5 Å². The number of benzene rings is 2. The molecule has 1 saturated heterocycles. The predicted molar refractivity (Wildman–Crippen MR) is 104 cm³/mol. The molecule has 1 N–H and O–H groups in total. The third kappa shape index (κ3) is 3.20. The Balaban J connectivity index is 1.76. The van der Waals surface area contributed by atoms with Gasteiger partial charge >= 0.3 is 0 Å². The number of likely N-dealkylation sites (N-methyl/N-ethyl adjacent to an activating group) is 1. The first-order valence-electron chi connectivity index (χ1n) is 8.76. The van der Waals surface area contributed by atoms with Gasteiger partial charge < -0.3 is 10.2 Å². The third-order valence-electron chi connectivity index (χ3n) is 4.77. The predicted octanol–water partition coefficient (Wildman–Crippen LogP) is 4.14. The number of hydrogen-bond acceptors (Lipinski definition) is 4. The van der Waals surface area contributed by atoms with Crippen LogP contribution in [-0.2, 0) is 0 Å². The van der Waals surface area contributed by atoms with Gasteiger partial charge in [-0.25, -0.2) is 0 Å². The smallest absolute Gasteiger partial charge is 0.159 e. The van der Waals surface area contributed by atoms with Crippen molar-refractivity contribution in [3.05, 3.63) is 53.6 Å². The fraction of sp³-hybridized carbons (Fsp3) is 0.300. The number of nitrogens with zero attached hydrogens (tertiary/aromatic N) is 3. The molecule has 1 unspecified atom stereocenters. The molecule has 0 radical (unpaired) electrons. The highest BCUT2D eigenvalue weighted by Crippen LogP contribution is 2.33. The van der Waals surface area contributed by atoms with Gasteiger partial charge in [-0.05, 0) is 25.1 Å². The monoisotopic (exact) mass is 352 g/mol. The molecule has 0 bridgehead atoms. The zero-order valence-corrected chi connectivity index (χ0v) is 15.0. The molecule has 0 aliphatic carbocycles. The second-order valence-corrected chi connectivity index (χ2v) is 6.85. The number of rotatable bonds is 4. The number of halogens is 1. The van der Waals surface area contributed by atoms with E-state index in [0.717, 1.165) is 58.9 Å². The average molecular weight is 353 g/mol. The summed E-state index contributed by atoms with van der Waals surface area (Å²) in [6, 6.07) is 16.7. The van der Waals surface area contributed by atoms with Crippen molar-refractivity contribution in [2.24, 2.45) is 0 Å². The van der Waals surface area contributed by atoms with Gasteiger partial charge in [0.05, 0.1) is 0 Å². The van der Waals surface area contributed by atoms with Crippen LogP contribution in [0.1, 0.15) is 13.3 Å². The minimum atomic E-state index is 0.529. The van der Waals surface area contributed by atoms with Crippen molar-refractivity contribution in [1.29, 1.82) is 0 Å². The summed E-state index contributed by atoms with van der Waals surface area (Å²) >= 11 is 6.02. The normalized spacial score (nSPS) is 17.4. The Hall–Kier alpha value is -2.17. The van der Waals surface area contributed by atoms with E-state index in [2.05, 4.69) is 51.6 Å². The van der Waals surface area contributed by atoms with Crippen LogP contribution in [-0.4, -0.2) is 35.9 Å². The van der Waals surface area contributed by atoms with Gasteiger partial charge in [0.1, 0.15) is 5.69 Å². The second-order valence-electron chi connectivity index (χ2n) is 6.41. The molecular formula is C20H21ClN4. The van der Waals surface area contributed by atoms with Gasteiger partial charge in [0.25, 0.3) is 0 Å². The summed E-state index contributed by atoms with van der Waals surface area (Å²) < 4.78 is 0. The Morgan fingerprint density at radius 3 is 2.60 bits per heavy atom. The molecule has 0 amide bonds. The van der Waals surface area contributed by atoms with Gasteiger partial charge in [-0.15, -0.1) is 10.2 Å². The maximum absolute atomic E-state index is 6.02. The molecule has 25 heavy (non-hydrogen) atoms. The zero-order valence-electron chi connectivity index (χ0n) is 14.2. The van der Waals surface area contributed by atoms with Crippen LogP contribution in [0.2, 0.25) is 5.02 Å². The molecule has 1 atom stereocenters. The number of fused-ring (bicyclic) bond motifs is 1. The van der Waals surface area contributed by atoms with Crippen LogP contribution in [0.15, 0.2) is 48.5 Å². The summed E-state index contributed by atoms with van der Waals surface area (Å²) in [5.74, 6) is 0.980. The number of aromatic nitrogens is 2. The summed E-state index contributed by atoms with van der Waals surface area (Å²) in [6.45, 7) is 5.14. The number of hydrogen-bond donors (Lipinski definition) is 1. The fourth-order valence-corrected chi connectivity index (χ4v) is 3.68. The highest BCUT2D eigenvalue weighted by Gasteiger charge is 2.25. The molecule has 1 aromatic heterocycles. The fourth-order valence-electron chi connectivity index (χ4n) is 3.55. The van der Waals surface area contributed by atoms with Crippen LogP contribution in [0.5, 0.6) is 0 Å². The van der Waals surface area contributed by atoms with Crippen LogP contribution in [0, 0.1) is 0 Å². The lowest BCUT2D eigenvalue weighted by Crippen LogP contribution is -2.32. The molecule has 128 valence electrons. The Morgan fingerprint density at radius 2 is 1.84 bits per heavy atom. The molecule has 1 fully saturated rings. The molecule has 0 saturated carbocycles. The van der Waals surface area contributed by atoms with Gasteiger partial charge in [0.15, 0.2) is 5.82 Å². The van der Waals surface area contributed by atoms with Crippen LogP contribution < -0.4 is 10.2 Å². The van der Waals surface area contributed by atoms with Crippen molar-refractivity contribution in [2.75, 3.05) is 24.5 Å². The third-order valence-corrected chi connectivity index (χ3v) is 5.02. The lowest BCUT2D eigenvalue weighted by molar-refractivity contribution is 0.571. The number of nitrogens with one attached hydrogen (secondary N) is 1. The van der Waals surface area contributed by atoms with E-state index in [4.69, 9.17) is 11.6 Å². The Bertz CT molecular complexity index is 879. The van der Waals surface area contributed by atoms with E-state index in [-0.39, 0.29) is 0 Å². The summed E-state index contributed by atoms with van der Waals surface area (Å²) in [7, 11) is 0. The standard InChI is InChI=1S/C20H21ClN4/c1-2-22-16-11-12-25(13-16)20-18-6-4-3-5-17(18)19(23-24-20)14-7-9-15(21)10-8-14/h3-10,16,22H,2,11-13H2,1H3. The highest BCUT2D eigenvalue weighted by molar-refractivity contribution is 6.30. The van der Waals surface area contributed by atoms with Gasteiger partial charge in [0.2, 0.25) is 0 Å². The average Bonchev–Trinajstić information content (AvgIpc) is 3.10. The maximum Gasteiger partial charge on any atom is 0.159 e. The van der Waals surface area contributed by atoms with Crippen molar-refractivity contribution < 1.29 is 0 Å². The highest BCUT2D eigenvalue weighted by atomic mass is 35.5. The zero-order chi connectivity index (χ0) is 17.2. The first kappa shape index (κ1) is 16.3. The summed E-state index contributed by atoms with van der Waals surface area (Å²) in [4.78, 5) is 2.34. The number of anilines is 1. The Labute approximate surface area is 152 Å². The van der Waals surface area contributed by atoms with Gasteiger partial charge in [-0.2, -0.15) is 0 Å². The van der Waals surface area contributed by atoms with Crippen LogP contribution >= 0.6 is 11.6 Å². The van der Waals surface area contributed by atoms with E-state index in [1.54, 1.807) is 0 Å². The first-order chi connectivity index (χ1) is 12.3. The SMILES string of the molecule is CCNC1CCN(c2nnc(-c3ccc(Cl)cc3)c3ccccc23)C1. The molecule has 2 aromatic carbocycles. The van der Waals surface area contributed by atoms with E-state index in [1.165, 1.54) is 0 Å². The van der Waals surface area contributed by atoms with E-state index < -0.39 is 0 Å². The molecule has 4 nitrogen and oxygen atoms in total. The molecule has 1 aliphatic rings. The minimum absolute atomic E-state index is 0.529. The van der Waals surface area contributed by atoms with Crippen molar-refractivity contribution >= 4 is 28.2 Å². The molecular weight excluding hydrogens is 332 g/mol. The lowest BCUT2D eigenvalue weighted by atomic mass is 10.0. The summed E-state index contributed by atoms with van der Waals surface area (Å²) in [5, 5.41) is 15.7. The second kappa shape index (κ2) is 6.98. The van der Waals surface area contributed by atoms with Gasteiger partial charge in [-0.3, -0.25) is 0 Å². The van der Waals surface area contributed by atoms with Crippen molar-refractivity contribution in [2.45, 2.75) is 19.4 Å². The molecule has 1 aliphatic heterocycles. The molecule has 0 spiro atoms. The topological polar surface area (TPSA) is 41.0 Å². The summed E-state index contributed by atoms with van der Waals surface area (Å²) in [6.07, 6.45) is 1.14. The van der Waals surface area contributed by atoms with E-state index >= 15 is 0 Å². The maximum atomic E-state index is 6.02. The van der Waals surface area contributed by atoms with Crippen molar-refractivity contribution in [3.63, 3.8) is 0 Å². The molecule has 4 rings (SSSR count). The van der Waals surface area contributed by atoms with Gasteiger partial charge in [-0.1, -0.05) is 54.9 Å².